The van der Waals surface area contributed by atoms with E-state index < -0.39 is 10.0 Å². The maximum absolute atomic E-state index is 12.2. The molecule has 0 unspecified atom stereocenters. The van der Waals surface area contributed by atoms with Crippen molar-refractivity contribution >= 4 is 15.9 Å². The van der Waals surface area contributed by atoms with Gasteiger partial charge in [0.15, 0.2) is 0 Å². The normalized spacial score (nSPS) is 11.4. The largest absolute Gasteiger partial charge is 0.494 e. The second-order valence-corrected chi connectivity index (χ2v) is 8.53. The number of hydrogen-bond acceptors (Lipinski definition) is 4. The molecule has 7 heteroatoms. The second-order valence-electron chi connectivity index (χ2n) is 6.55. The summed E-state index contributed by atoms with van der Waals surface area (Å²) in [5.74, 6) is 0.548. The Hall–Kier alpha value is -2.38. The monoisotopic (exact) mass is 404 g/mol. The zero-order valence-corrected chi connectivity index (χ0v) is 17.2. The zero-order chi connectivity index (χ0) is 20.4. The van der Waals surface area contributed by atoms with Gasteiger partial charge in [-0.25, -0.2) is 8.42 Å². The molecule has 28 heavy (non-hydrogen) atoms. The molecule has 2 aromatic carbocycles. The molecule has 0 fully saturated rings. The summed E-state index contributed by atoms with van der Waals surface area (Å²) in [4.78, 5) is 12.2. The number of ether oxygens (including phenoxy) is 1. The van der Waals surface area contributed by atoms with Gasteiger partial charge in [-0.2, -0.15) is 4.31 Å². The van der Waals surface area contributed by atoms with Gasteiger partial charge in [-0.15, -0.1) is 0 Å². The Morgan fingerprint density at radius 1 is 1.04 bits per heavy atom. The number of aryl methyl sites for hydroxylation is 1. The van der Waals surface area contributed by atoms with Crippen molar-refractivity contribution in [3.8, 4) is 5.75 Å². The number of amides is 1. The topological polar surface area (TPSA) is 75.7 Å². The Balaban J connectivity index is 1.77. The molecule has 2 rings (SSSR count). The van der Waals surface area contributed by atoms with Crippen molar-refractivity contribution in [3.05, 3.63) is 65.7 Å². The molecule has 0 bridgehead atoms. The number of carbonyl (C=O) groups excluding carboxylic acids is 1. The van der Waals surface area contributed by atoms with Gasteiger partial charge < -0.3 is 10.1 Å². The molecule has 2 aromatic rings. The van der Waals surface area contributed by atoms with E-state index >= 15 is 0 Å². The van der Waals surface area contributed by atoms with Crippen LogP contribution in [0.5, 0.6) is 5.75 Å². The maximum Gasteiger partial charge on any atom is 0.235 e. The van der Waals surface area contributed by atoms with Crippen LogP contribution < -0.4 is 10.1 Å². The molecule has 152 valence electrons. The number of nitrogens with zero attached hydrogens (tertiary/aromatic N) is 1. The van der Waals surface area contributed by atoms with Crippen LogP contribution in [0.4, 0.5) is 0 Å². The number of sulfonamides is 1. The summed E-state index contributed by atoms with van der Waals surface area (Å²) in [5, 5.41) is 2.80. The summed E-state index contributed by atoms with van der Waals surface area (Å²) < 4.78 is 30.6. The molecule has 0 aliphatic heterocycles. The van der Waals surface area contributed by atoms with Crippen molar-refractivity contribution in [1.82, 2.24) is 9.62 Å². The molecule has 0 aliphatic carbocycles. The molecule has 1 N–H and O–H groups in total. The number of nitrogens with one attached hydrogen (secondary N) is 1. The van der Waals surface area contributed by atoms with Gasteiger partial charge >= 0.3 is 0 Å². The lowest BCUT2D eigenvalue weighted by Crippen LogP contribution is -2.40. The van der Waals surface area contributed by atoms with Crippen LogP contribution in [0.15, 0.2) is 54.6 Å². The van der Waals surface area contributed by atoms with E-state index in [1.807, 2.05) is 61.5 Å². The first-order chi connectivity index (χ1) is 13.4. The molecule has 0 heterocycles. The Morgan fingerprint density at radius 2 is 1.71 bits per heavy atom. The highest BCUT2D eigenvalue weighted by Crippen LogP contribution is 2.13. The Labute approximate surface area is 167 Å². The van der Waals surface area contributed by atoms with E-state index in [1.54, 1.807) is 0 Å². The van der Waals surface area contributed by atoms with Gasteiger partial charge in [0.2, 0.25) is 15.9 Å². The van der Waals surface area contributed by atoms with Gasteiger partial charge in [0.25, 0.3) is 0 Å². The molecule has 6 nitrogen and oxygen atoms in total. The highest BCUT2D eigenvalue weighted by Gasteiger charge is 2.20. The van der Waals surface area contributed by atoms with E-state index in [4.69, 9.17) is 4.74 Å². The molecule has 0 aromatic heterocycles. The molecule has 0 radical (unpaired) electrons. The Bertz CT molecular complexity index is 836. The molecule has 1 amide bonds. The van der Waals surface area contributed by atoms with Gasteiger partial charge in [0.1, 0.15) is 5.75 Å². The van der Waals surface area contributed by atoms with E-state index in [-0.39, 0.29) is 19.0 Å². The molecular formula is C21H28N2O4S. The van der Waals surface area contributed by atoms with E-state index in [9.17, 15) is 13.2 Å². The van der Waals surface area contributed by atoms with Crippen LogP contribution in [0.1, 0.15) is 24.5 Å². The van der Waals surface area contributed by atoms with Crippen molar-refractivity contribution in [2.24, 2.45) is 0 Å². The van der Waals surface area contributed by atoms with Crippen molar-refractivity contribution in [2.45, 2.75) is 26.3 Å². The first-order valence-corrected chi connectivity index (χ1v) is 11.2. The average Bonchev–Trinajstić information content (AvgIpc) is 2.66. The van der Waals surface area contributed by atoms with Gasteiger partial charge in [0, 0.05) is 13.1 Å². The predicted molar refractivity (Wildman–Crippen MR) is 111 cm³/mol. The van der Waals surface area contributed by atoms with E-state index in [2.05, 4.69) is 5.32 Å². The highest BCUT2D eigenvalue weighted by atomic mass is 32.2. The van der Waals surface area contributed by atoms with Gasteiger partial charge in [-0.1, -0.05) is 42.5 Å². The van der Waals surface area contributed by atoms with Crippen LogP contribution >= 0.6 is 0 Å². The fourth-order valence-electron chi connectivity index (χ4n) is 2.73. The summed E-state index contributed by atoms with van der Waals surface area (Å²) in [6.45, 7) is 3.08. The van der Waals surface area contributed by atoms with Crippen LogP contribution in [0.2, 0.25) is 0 Å². The molecule has 0 saturated heterocycles. The molecule has 0 saturated carbocycles. The van der Waals surface area contributed by atoms with Crippen LogP contribution in [0.3, 0.4) is 0 Å². The standard InChI is InChI=1S/C21H28N2O4S/c1-3-27-20-13-11-18(12-14-20)10-7-15-22-21(24)17-23(28(2,25)26)16-19-8-5-4-6-9-19/h4-6,8-9,11-14H,3,7,10,15-17H2,1-2H3,(H,22,24). The van der Waals surface area contributed by atoms with Crippen LogP contribution in [0, 0.1) is 0 Å². The first-order valence-electron chi connectivity index (χ1n) is 9.36. The Morgan fingerprint density at radius 3 is 2.32 bits per heavy atom. The first kappa shape index (κ1) is 21.9. The predicted octanol–water partition coefficient (Wildman–Crippen LogP) is 2.60. The third-order valence-corrected chi connectivity index (χ3v) is 5.39. The lowest BCUT2D eigenvalue weighted by atomic mass is 10.1. The number of benzene rings is 2. The van der Waals surface area contributed by atoms with Crippen LogP contribution in [-0.4, -0.2) is 44.6 Å². The van der Waals surface area contributed by atoms with Crippen LogP contribution in [0.25, 0.3) is 0 Å². The fourth-order valence-corrected chi connectivity index (χ4v) is 3.47. The summed E-state index contributed by atoms with van der Waals surface area (Å²) in [6.07, 6.45) is 2.72. The second kappa shape index (κ2) is 10.8. The lowest BCUT2D eigenvalue weighted by Gasteiger charge is -2.19. The number of rotatable bonds is 11. The zero-order valence-electron chi connectivity index (χ0n) is 16.4. The lowest BCUT2D eigenvalue weighted by molar-refractivity contribution is -0.121. The highest BCUT2D eigenvalue weighted by molar-refractivity contribution is 7.88. The molecule has 0 spiro atoms. The average molecular weight is 405 g/mol. The summed E-state index contributed by atoms with van der Waals surface area (Å²) in [6, 6.07) is 17.1. The maximum atomic E-state index is 12.2. The fraction of sp³-hybridized carbons (Fsp3) is 0.381. The summed E-state index contributed by atoms with van der Waals surface area (Å²) in [5.41, 5.74) is 2.01. The smallest absolute Gasteiger partial charge is 0.235 e. The van der Waals surface area contributed by atoms with Crippen molar-refractivity contribution in [1.29, 1.82) is 0 Å². The van der Waals surface area contributed by atoms with Crippen molar-refractivity contribution in [3.63, 3.8) is 0 Å². The minimum atomic E-state index is -3.48. The Kier molecular flexibility index (Phi) is 8.47. The minimum Gasteiger partial charge on any atom is -0.494 e. The van der Waals surface area contributed by atoms with E-state index in [0.717, 1.165) is 30.4 Å². The molecular weight excluding hydrogens is 376 g/mol. The molecule has 0 aliphatic rings. The third-order valence-electron chi connectivity index (χ3n) is 4.19. The summed E-state index contributed by atoms with van der Waals surface area (Å²) in [7, 11) is -3.48. The van der Waals surface area contributed by atoms with Gasteiger partial charge in [0.05, 0.1) is 19.4 Å². The molecule has 0 atom stereocenters. The third kappa shape index (κ3) is 7.70. The van der Waals surface area contributed by atoms with Crippen LogP contribution in [-0.2, 0) is 27.8 Å². The number of hydrogen-bond donors (Lipinski definition) is 1. The number of carbonyl (C=O) groups is 1. The van der Waals surface area contributed by atoms with Gasteiger partial charge in [-0.05, 0) is 43.0 Å². The van der Waals surface area contributed by atoms with Crippen molar-refractivity contribution in [2.75, 3.05) is 26.0 Å². The summed E-state index contributed by atoms with van der Waals surface area (Å²) >= 11 is 0. The quantitative estimate of drug-likeness (QED) is 0.584. The SMILES string of the molecule is CCOc1ccc(CCCNC(=O)CN(Cc2ccccc2)S(C)(=O)=O)cc1. The van der Waals surface area contributed by atoms with Gasteiger partial charge in [-0.3, -0.25) is 4.79 Å². The van der Waals surface area contributed by atoms with E-state index in [0.29, 0.717) is 13.2 Å². The van der Waals surface area contributed by atoms with Crippen molar-refractivity contribution < 1.29 is 17.9 Å². The minimum absolute atomic E-state index is 0.180. The van der Waals surface area contributed by atoms with E-state index in [1.165, 1.54) is 9.87 Å².